The molecule has 4 nitrogen and oxygen atoms in total. The summed E-state index contributed by atoms with van der Waals surface area (Å²) in [6, 6.07) is 0.681. The third kappa shape index (κ3) is 3.73. The molecule has 0 spiro atoms. The Balaban J connectivity index is 1.65. The smallest absolute Gasteiger partial charge is 0.225 e. The third-order valence-electron chi connectivity index (χ3n) is 4.72. The van der Waals surface area contributed by atoms with Gasteiger partial charge in [-0.05, 0) is 26.2 Å². The molecule has 1 amide bonds. The Morgan fingerprint density at radius 3 is 2.25 bits per heavy atom. The summed E-state index contributed by atoms with van der Waals surface area (Å²) < 4.78 is 6.16. The van der Waals surface area contributed by atoms with Crippen LogP contribution in [0.5, 0.6) is 0 Å². The number of rotatable bonds is 5. The van der Waals surface area contributed by atoms with Gasteiger partial charge in [0.25, 0.3) is 0 Å². The van der Waals surface area contributed by atoms with Crippen molar-refractivity contribution in [3.05, 3.63) is 0 Å². The van der Waals surface area contributed by atoms with Gasteiger partial charge in [-0.1, -0.05) is 20.8 Å². The van der Waals surface area contributed by atoms with E-state index >= 15 is 0 Å². The van der Waals surface area contributed by atoms with E-state index in [0.29, 0.717) is 18.2 Å². The molecule has 2 saturated heterocycles. The second-order valence-electron chi connectivity index (χ2n) is 6.65. The number of carbonyl (C=O) groups is 1. The Labute approximate surface area is 123 Å². The van der Waals surface area contributed by atoms with E-state index in [4.69, 9.17) is 4.74 Å². The molecule has 4 heteroatoms. The molecule has 0 aromatic heterocycles. The minimum Gasteiger partial charge on any atom is -0.372 e. The van der Waals surface area contributed by atoms with Gasteiger partial charge < -0.3 is 9.64 Å². The summed E-state index contributed by atoms with van der Waals surface area (Å²) in [6.07, 6.45) is 3.98. The number of piperidine rings is 1. The van der Waals surface area contributed by atoms with Crippen molar-refractivity contribution in [2.45, 2.75) is 65.2 Å². The Morgan fingerprint density at radius 1 is 1.15 bits per heavy atom. The summed E-state index contributed by atoms with van der Waals surface area (Å²) in [5.74, 6) is 0.401. The van der Waals surface area contributed by atoms with E-state index in [1.807, 2.05) is 18.7 Å². The predicted octanol–water partition coefficient (Wildman–Crippen LogP) is 2.13. The lowest BCUT2D eigenvalue weighted by molar-refractivity contribution is -0.142. The van der Waals surface area contributed by atoms with Gasteiger partial charge in [0.15, 0.2) is 0 Å². The first-order chi connectivity index (χ1) is 9.51. The van der Waals surface area contributed by atoms with Crippen molar-refractivity contribution in [2.24, 2.45) is 5.92 Å². The summed E-state index contributed by atoms with van der Waals surface area (Å²) in [5.41, 5.74) is 0. The first kappa shape index (κ1) is 15.8. The molecule has 2 rings (SSSR count). The zero-order valence-electron chi connectivity index (χ0n) is 13.5. The number of hydrogen-bond acceptors (Lipinski definition) is 3. The van der Waals surface area contributed by atoms with Crippen LogP contribution >= 0.6 is 0 Å². The van der Waals surface area contributed by atoms with E-state index in [-0.39, 0.29) is 11.8 Å². The minimum absolute atomic E-state index is 0.114. The molecule has 0 saturated carbocycles. The SMILES string of the molecule is CCC(C)N1CC(OC2CCN(C(=O)C(C)C)CC2)C1. The molecule has 20 heavy (non-hydrogen) atoms. The Kier molecular flexibility index (Phi) is 5.44. The molecule has 0 aromatic carbocycles. The van der Waals surface area contributed by atoms with E-state index in [2.05, 4.69) is 18.7 Å². The highest BCUT2D eigenvalue weighted by molar-refractivity contribution is 5.78. The fraction of sp³-hybridized carbons (Fsp3) is 0.938. The van der Waals surface area contributed by atoms with Gasteiger partial charge in [-0.25, -0.2) is 0 Å². The molecule has 2 heterocycles. The molecule has 2 aliphatic rings. The molecule has 1 unspecified atom stereocenters. The maximum absolute atomic E-state index is 11.9. The largest absolute Gasteiger partial charge is 0.372 e. The van der Waals surface area contributed by atoms with Gasteiger partial charge >= 0.3 is 0 Å². The highest BCUT2D eigenvalue weighted by Gasteiger charge is 2.33. The molecular weight excluding hydrogens is 252 g/mol. The number of likely N-dealkylation sites (tertiary alicyclic amines) is 2. The van der Waals surface area contributed by atoms with Crippen molar-refractivity contribution in [2.75, 3.05) is 26.2 Å². The van der Waals surface area contributed by atoms with Gasteiger partial charge in [-0.2, -0.15) is 0 Å². The lowest BCUT2D eigenvalue weighted by Gasteiger charge is -2.45. The highest BCUT2D eigenvalue weighted by Crippen LogP contribution is 2.22. The number of ether oxygens (including phenoxy) is 1. The molecule has 2 fully saturated rings. The number of hydrogen-bond donors (Lipinski definition) is 0. The summed E-state index contributed by atoms with van der Waals surface area (Å²) >= 11 is 0. The predicted molar refractivity (Wildman–Crippen MR) is 80.6 cm³/mol. The van der Waals surface area contributed by atoms with Gasteiger partial charge in [0.05, 0.1) is 12.2 Å². The van der Waals surface area contributed by atoms with Crippen LogP contribution in [0.15, 0.2) is 0 Å². The number of amides is 1. The van der Waals surface area contributed by atoms with Crippen LogP contribution in [0.25, 0.3) is 0 Å². The standard InChI is InChI=1S/C16H30N2O2/c1-5-13(4)18-10-15(11-18)20-14-6-8-17(9-7-14)16(19)12(2)3/h12-15H,5-11H2,1-4H3. The van der Waals surface area contributed by atoms with E-state index < -0.39 is 0 Å². The van der Waals surface area contributed by atoms with Crippen LogP contribution in [0, 0.1) is 5.92 Å². The molecule has 1 atom stereocenters. The fourth-order valence-electron chi connectivity index (χ4n) is 3.02. The number of carbonyl (C=O) groups excluding carboxylic acids is 1. The summed E-state index contributed by atoms with van der Waals surface area (Å²) in [7, 11) is 0. The van der Waals surface area contributed by atoms with Gasteiger partial charge in [0.2, 0.25) is 5.91 Å². The van der Waals surface area contributed by atoms with Gasteiger partial charge in [-0.3, -0.25) is 9.69 Å². The van der Waals surface area contributed by atoms with Crippen molar-refractivity contribution in [3.8, 4) is 0 Å². The molecule has 2 aliphatic heterocycles. The van der Waals surface area contributed by atoms with Crippen LogP contribution in [-0.2, 0) is 9.53 Å². The Bertz CT molecular complexity index is 318. The van der Waals surface area contributed by atoms with Crippen molar-refractivity contribution in [1.29, 1.82) is 0 Å². The zero-order valence-corrected chi connectivity index (χ0v) is 13.5. The van der Waals surface area contributed by atoms with Crippen LogP contribution in [0.2, 0.25) is 0 Å². The zero-order chi connectivity index (χ0) is 14.7. The average Bonchev–Trinajstić information content (AvgIpc) is 2.41. The Hall–Kier alpha value is -0.610. The molecule has 0 aliphatic carbocycles. The van der Waals surface area contributed by atoms with Gasteiger partial charge in [0.1, 0.15) is 0 Å². The van der Waals surface area contributed by atoms with E-state index in [0.717, 1.165) is 39.0 Å². The van der Waals surface area contributed by atoms with E-state index in [1.54, 1.807) is 0 Å². The van der Waals surface area contributed by atoms with Gasteiger partial charge in [0, 0.05) is 38.1 Å². The molecule has 116 valence electrons. The van der Waals surface area contributed by atoms with Crippen molar-refractivity contribution in [3.63, 3.8) is 0 Å². The monoisotopic (exact) mass is 282 g/mol. The lowest BCUT2D eigenvalue weighted by atomic mass is 10.0. The highest BCUT2D eigenvalue weighted by atomic mass is 16.5. The molecule has 0 N–H and O–H groups in total. The minimum atomic E-state index is 0.114. The molecular formula is C16H30N2O2. The maximum Gasteiger partial charge on any atom is 0.225 e. The normalized spacial score (nSPS) is 23.9. The van der Waals surface area contributed by atoms with Crippen LogP contribution in [0.3, 0.4) is 0 Å². The lowest BCUT2D eigenvalue weighted by Crippen LogP contribution is -2.57. The quantitative estimate of drug-likeness (QED) is 0.774. The summed E-state index contributed by atoms with van der Waals surface area (Å²) in [6.45, 7) is 12.4. The fourth-order valence-corrected chi connectivity index (χ4v) is 3.02. The summed E-state index contributed by atoms with van der Waals surface area (Å²) in [4.78, 5) is 16.4. The van der Waals surface area contributed by atoms with E-state index in [1.165, 1.54) is 6.42 Å². The van der Waals surface area contributed by atoms with Crippen LogP contribution in [0.1, 0.15) is 47.0 Å². The van der Waals surface area contributed by atoms with Crippen LogP contribution < -0.4 is 0 Å². The molecule has 0 radical (unpaired) electrons. The summed E-state index contributed by atoms with van der Waals surface area (Å²) in [5, 5.41) is 0. The second-order valence-corrected chi connectivity index (χ2v) is 6.65. The second kappa shape index (κ2) is 6.90. The van der Waals surface area contributed by atoms with Crippen molar-refractivity contribution in [1.82, 2.24) is 9.80 Å². The maximum atomic E-state index is 11.9. The first-order valence-corrected chi connectivity index (χ1v) is 8.19. The van der Waals surface area contributed by atoms with Crippen molar-refractivity contribution < 1.29 is 9.53 Å². The van der Waals surface area contributed by atoms with Crippen LogP contribution in [0.4, 0.5) is 0 Å². The van der Waals surface area contributed by atoms with E-state index in [9.17, 15) is 4.79 Å². The first-order valence-electron chi connectivity index (χ1n) is 8.19. The topological polar surface area (TPSA) is 32.8 Å². The third-order valence-corrected chi connectivity index (χ3v) is 4.72. The van der Waals surface area contributed by atoms with Crippen molar-refractivity contribution >= 4 is 5.91 Å². The molecule has 0 bridgehead atoms. The Morgan fingerprint density at radius 2 is 1.75 bits per heavy atom. The van der Waals surface area contributed by atoms with Gasteiger partial charge in [-0.15, -0.1) is 0 Å². The average molecular weight is 282 g/mol. The number of nitrogens with zero attached hydrogens (tertiary/aromatic N) is 2. The molecule has 0 aromatic rings. The van der Waals surface area contributed by atoms with Crippen LogP contribution in [-0.4, -0.2) is 60.1 Å².